The summed E-state index contributed by atoms with van der Waals surface area (Å²) in [7, 11) is 0. The van der Waals surface area contributed by atoms with E-state index >= 15 is 0 Å². The minimum absolute atomic E-state index is 0.0487. The lowest BCUT2D eigenvalue weighted by Gasteiger charge is -2.34. The first-order valence-corrected chi connectivity index (χ1v) is 9.69. The molecule has 0 atom stereocenters. The van der Waals surface area contributed by atoms with Crippen molar-refractivity contribution in [1.82, 2.24) is 9.80 Å². The highest BCUT2D eigenvalue weighted by Crippen LogP contribution is 2.22. The number of carbonyl (C=O) groups excluding carboxylic acids is 1. The number of carbonyl (C=O) groups is 1. The summed E-state index contributed by atoms with van der Waals surface area (Å²) in [5.41, 5.74) is 1.92. The molecule has 0 bridgehead atoms. The minimum atomic E-state index is -0.275. The summed E-state index contributed by atoms with van der Waals surface area (Å²) in [6.07, 6.45) is 1.40. The number of amides is 1. The van der Waals surface area contributed by atoms with Crippen molar-refractivity contribution in [3.05, 3.63) is 75.9 Å². The van der Waals surface area contributed by atoms with Gasteiger partial charge in [-0.3, -0.25) is 9.69 Å². The molecule has 0 aromatic heterocycles. The van der Waals surface area contributed by atoms with Gasteiger partial charge in [-0.2, -0.15) is 5.26 Å². The summed E-state index contributed by atoms with van der Waals surface area (Å²) < 4.78 is 0. The SMILES string of the molecule is N#C/C(=C/Nc1cc(Cl)cc(Cl)c1)C(=O)N1CCN(Cc2ccccc2)CC1. The molecule has 1 amide bonds. The van der Waals surface area contributed by atoms with Gasteiger partial charge in [-0.25, -0.2) is 0 Å². The van der Waals surface area contributed by atoms with Crippen molar-refractivity contribution in [3.8, 4) is 6.07 Å². The zero-order valence-corrected chi connectivity index (χ0v) is 16.7. The summed E-state index contributed by atoms with van der Waals surface area (Å²) in [6.45, 7) is 3.59. The summed E-state index contributed by atoms with van der Waals surface area (Å²) in [6, 6.07) is 17.2. The fraction of sp³-hybridized carbons (Fsp3) is 0.238. The van der Waals surface area contributed by atoms with E-state index in [0.29, 0.717) is 28.8 Å². The third-order valence-corrected chi connectivity index (χ3v) is 4.94. The number of hydrogen-bond donors (Lipinski definition) is 1. The molecule has 1 aliphatic heterocycles. The van der Waals surface area contributed by atoms with E-state index in [1.54, 1.807) is 23.1 Å². The van der Waals surface area contributed by atoms with Crippen molar-refractivity contribution in [2.24, 2.45) is 0 Å². The molecule has 1 fully saturated rings. The maximum Gasteiger partial charge on any atom is 0.266 e. The van der Waals surface area contributed by atoms with Crippen LogP contribution in [-0.2, 0) is 11.3 Å². The number of nitriles is 1. The Kier molecular flexibility index (Phi) is 6.94. The molecular weight excluding hydrogens is 395 g/mol. The molecule has 0 unspecified atom stereocenters. The van der Waals surface area contributed by atoms with E-state index in [2.05, 4.69) is 22.3 Å². The number of nitrogens with one attached hydrogen (secondary N) is 1. The predicted octanol–water partition coefficient (Wildman–Crippen LogP) is 4.16. The second-order valence-electron chi connectivity index (χ2n) is 6.53. The highest BCUT2D eigenvalue weighted by molar-refractivity contribution is 6.35. The van der Waals surface area contributed by atoms with E-state index in [4.69, 9.17) is 23.2 Å². The highest BCUT2D eigenvalue weighted by Gasteiger charge is 2.23. The van der Waals surface area contributed by atoms with Gasteiger partial charge in [0.1, 0.15) is 11.6 Å². The summed E-state index contributed by atoms with van der Waals surface area (Å²) in [4.78, 5) is 16.7. The normalized spacial score (nSPS) is 15.2. The van der Waals surface area contributed by atoms with Crippen molar-refractivity contribution in [2.45, 2.75) is 6.54 Å². The molecule has 1 aliphatic rings. The van der Waals surface area contributed by atoms with Crippen LogP contribution in [0, 0.1) is 11.3 Å². The Balaban J connectivity index is 1.57. The molecule has 0 aliphatic carbocycles. The summed E-state index contributed by atoms with van der Waals surface area (Å²) in [5.74, 6) is -0.275. The van der Waals surface area contributed by atoms with E-state index in [0.717, 1.165) is 19.6 Å². The maximum atomic E-state index is 12.7. The van der Waals surface area contributed by atoms with Crippen LogP contribution in [0.15, 0.2) is 60.3 Å². The molecular formula is C21H20Cl2N4O. The van der Waals surface area contributed by atoms with Crippen LogP contribution in [-0.4, -0.2) is 41.9 Å². The smallest absolute Gasteiger partial charge is 0.266 e. The van der Waals surface area contributed by atoms with Crippen LogP contribution < -0.4 is 5.32 Å². The Morgan fingerprint density at radius 3 is 2.32 bits per heavy atom. The van der Waals surface area contributed by atoms with Gasteiger partial charge in [0.2, 0.25) is 0 Å². The Labute approximate surface area is 174 Å². The second-order valence-corrected chi connectivity index (χ2v) is 7.40. The van der Waals surface area contributed by atoms with Gasteiger partial charge in [0.05, 0.1) is 0 Å². The monoisotopic (exact) mass is 414 g/mol. The summed E-state index contributed by atoms with van der Waals surface area (Å²) >= 11 is 11.9. The topological polar surface area (TPSA) is 59.4 Å². The number of benzene rings is 2. The van der Waals surface area contributed by atoms with Crippen molar-refractivity contribution in [1.29, 1.82) is 5.26 Å². The molecule has 144 valence electrons. The zero-order valence-electron chi connectivity index (χ0n) is 15.2. The first-order chi connectivity index (χ1) is 13.5. The van der Waals surface area contributed by atoms with Gasteiger partial charge in [-0.15, -0.1) is 0 Å². The quantitative estimate of drug-likeness (QED) is 0.589. The fourth-order valence-corrected chi connectivity index (χ4v) is 3.58. The van der Waals surface area contributed by atoms with E-state index in [-0.39, 0.29) is 11.5 Å². The van der Waals surface area contributed by atoms with E-state index < -0.39 is 0 Å². The van der Waals surface area contributed by atoms with Crippen LogP contribution in [0.3, 0.4) is 0 Å². The molecule has 1 N–H and O–H groups in total. The number of rotatable bonds is 5. The van der Waals surface area contributed by atoms with Crippen LogP contribution in [0.25, 0.3) is 0 Å². The van der Waals surface area contributed by atoms with Crippen molar-refractivity contribution < 1.29 is 4.79 Å². The van der Waals surface area contributed by atoms with Crippen molar-refractivity contribution in [2.75, 3.05) is 31.5 Å². The third kappa shape index (κ3) is 5.49. The van der Waals surface area contributed by atoms with Crippen LogP contribution >= 0.6 is 23.2 Å². The molecule has 0 saturated carbocycles. The first kappa shape index (κ1) is 20.2. The molecule has 1 saturated heterocycles. The van der Waals surface area contributed by atoms with Gasteiger partial charge in [-0.1, -0.05) is 53.5 Å². The van der Waals surface area contributed by atoms with Crippen LogP contribution in [0.5, 0.6) is 0 Å². The lowest BCUT2D eigenvalue weighted by atomic mass is 10.2. The van der Waals surface area contributed by atoms with Crippen molar-refractivity contribution >= 4 is 34.8 Å². The second kappa shape index (κ2) is 9.61. The maximum absolute atomic E-state index is 12.7. The lowest BCUT2D eigenvalue weighted by molar-refractivity contribution is -0.128. The average molecular weight is 415 g/mol. The Morgan fingerprint density at radius 1 is 1.07 bits per heavy atom. The average Bonchev–Trinajstić information content (AvgIpc) is 2.69. The minimum Gasteiger partial charge on any atom is -0.360 e. The highest BCUT2D eigenvalue weighted by atomic mass is 35.5. The number of hydrogen-bond acceptors (Lipinski definition) is 4. The standard InChI is InChI=1S/C21H20Cl2N4O/c22-18-10-19(23)12-20(11-18)25-14-17(13-24)21(28)27-8-6-26(7-9-27)15-16-4-2-1-3-5-16/h1-5,10-12,14,25H,6-9,15H2/b17-14-. The van der Waals surface area contributed by atoms with Gasteiger partial charge in [0.15, 0.2) is 0 Å². The van der Waals surface area contributed by atoms with Gasteiger partial charge in [0.25, 0.3) is 5.91 Å². The predicted molar refractivity (Wildman–Crippen MR) is 112 cm³/mol. The Hall–Kier alpha value is -2.52. The van der Waals surface area contributed by atoms with Gasteiger partial charge in [0, 0.05) is 54.7 Å². The molecule has 28 heavy (non-hydrogen) atoms. The molecule has 2 aromatic carbocycles. The number of halogens is 2. The molecule has 0 radical (unpaired) electrons. The van der Waals surface area contributed by atoms with Crippen molar-refractivity contribution in [3.63, 3.8) is 0 Å². The number of nitrogens with zero attached hydrogens (tertiary/aromatic N) is 3. The van der Waals surface area contributed by atoms with Gasteiger partial charge < -0.3 is 10.2 Å². The molecule has 7 heteroatoms. The molecule has 5 nitrogen and oxygen atoms in total. The van der Waals surface area contributed by atoms with Crippen LogP contribution in [0.2, 0.25) is 10.0 Å². The zero-order chi connectivity index (χ0) is 19.9. The number of piperazine rings is 1. The molecule has 0 spiro atoms. The van der Waals surface area contributed by atoms with Crippen LogP contribution in [0.4, 0.5) is 5.69 Å². The number of anilines is 1. The van der Waals surface area contributed by atoms with E-state index in [1.807, 2.05) is 24.3 Å². The third-order valence-electron chi connectivity index (χ3n) is 4.51. The van der Waals surface area contributed by atoms with Crippen LogP contribution in [0.1, 0.15) is 5.56 Å². The first-order valence-electron chi connectivity index (χ1n) is 8.93. The molecule has 3 rings (SSSR count). The molecule has 1 heterocycles. The van der Waals surface area contributed by atoms with Gasteiger partial charge >= 0.3 is 0 Å². The largest absolute Gasteiger partial charge is 0.360 e. The van der Waals surface area contributed by atoms with E-state index in [9.17, 15) is 10.1 Å². The summed E-state index contributed by atoms with van der Waals surface area (Å²) in [5, 5.41) is 13.3. The van der Waals surface area contributed by atoms with E-state index in [1.165, 1.54) is 11.8 Å². The Morgan fingerprint density at radius 2 is 1.71 bits per heavy atom. The fourth-order valence-electron chi connectivity index (χ4n) is 3.06. The lowest BCUT2D eigenvalue weighted by Crippen LogP contribution is -2.48. The Bertz CT molecular complexity index is 880. The molecule has 2 aromatic rings. The van der Waals surface area contributed by atoms with Gasteiger partial charge in [-0.05, 0) is 23.8 Å².